The van der Waals surface area contributed by atoms with Gasteiger partial charge in [0.15, 0.2) is 0 Å². The number of benzene rings is 1. The van der Waals surface area contributed by atoms with E-state index in [2.05, 4.69) is 20.3 Å². The lowest BCUT2D eigenvalue weighted by molar-refractivity contribution is -0.0153. The van der Waals surface area contributed by atoms with Gasteiger partial charge in [-0.05, 0) is 24.6 Å². The zero-order chi connectivity index (χ0) is 17.8. The molecule has 1 aliphatic heterocycles. The van der Waals surface area contributed by atoms with E-state index in [1.807, 2.05) is 36.4 Å². The van der Waals surface area contributed by atoms with E-state index < -0.39 is 0 Å². The molecule has 132 valence electrons. The van der Waals surface area contributed by atoms with Crippen LogP contribution < -0.4 is 10.1 Å². The summed E-state index contributed by atoms with van der Waals surface area (Å²) in [4.78, 5) is 25.5. The highest BCUT2D eigenvalue weighted by atomic mass is 16.5. The van der Waals surface area contributed by atoms with Crippen LogP contribution in [0.25, 0.3) is 11.0 Å². The molecule has 1 amide bonds. The van der Waals surface area contributed by atoms with Gasteiger partial charge in [-0.2, -0.15) is 0 Å². The smallest absolute Gasteiger partial charge is 0.271 e. The van der Waals surface area contributed by atoms with Gasteiger partial charge in [0.25, 0.3) is 5.91 Å². The van der Waals surface area contributed by atoms with Crippen molar-refractivity contribution in [2.75, 3.05) is 13.2 Å². The Morgan fingerprint density at radius 3 is 2.81 bits per heavy atom. The number of nitrogens with zero attached hydrogens (tertiary/aromatic N) is 3. The van der Waals surface area contributed by atoms with Gasteiger partial charge in [0.2, 0.25) is 5.88 Å². The predicted octanol–water partition coefficient (Wildman–Crippen LogP) is 1.99. The minimum Gasteiger partial charge on any atom is -0.470 e. The molecule has 2 atom stereocenters. The molecular weight excluding hydrogens is 332 g/mol. The van der Waals surface area contributed by atoms with Crippen LogP contribution in [-0.2, 0) is 4.74 Å². The lowest BCUT2D eigenvalue weighted by atomic mass is 10.1. The van der Waals surface area contributed by atoms with E-state index in [1.54, 1.807) is 12.3 Å². The summed E-state index contributed by atoms with van der Waals surface area (Å²) < 4.78 is 11.4. The van der Waals surface area contributed by atoms with Crippen LogP contribution in [0.3, 0.4) is 0 Å². The molecule has 0 aliphatic carbocycles. The first kappa shape index (κ1) is 16.4. The van der Waals surface area contributed by atoms with Gasteiger partial charge in [-0.25, -0.2) is 9.97 Å². The molecule has 3 aromatic rings. The lowest BCUT2D eigenvalue weighted by Gasteiger charge is -2.31. The fraction of sp³-hybridized carbons (Fsp3) is 0.263. The first-order chi connectivity index (χ1) is 12.8. The number of fused-ring (bicyclic) bond motifs is 1. The Balaban J connectivity index is 1.48. The van der Waals surface area contributed by atoms with Crippen molar-refractivity contribution in [2.45, 2.75) is 18.6 Å². The molecule has 26 heavy (non-hydrogen) atoms. The maximum atomic E-state index is 12.6. The number of aromatic nitrogens is 3. The van der Waals surface area contributed by atoms with Crippen molar-refractivity contribution in [1.82, 2.24) is 20.3 Å². The van der Waals surface area contributed by atoms with Crippen LogP contribution in [0.4, 0.5) is 0 Å². The largest absolute Gasteiger partial charge is 0.470 e. The van der Waals surface area contributed by atoms with E-state index in [9.17, 15) is 4.79 Å². The van der Waals surface area contributed by atoms with Crippen molar-refractivity contribution in [3.63, 3.8) is 0 Å². The molecule has 4 rings (SSSR count). The van der Waals surface area contributed by atoms with Gasteiger partial charge in [0.1, 0.15) is 11.8 Å². The zero-order valence-corrected chi connectivity index (χ0v) is 14.0. The number of ether oxygens (including phenoxy) is 2. The van der Waals surface area contributed by atoms with Crippen LogP contribution >= 0.6 is 0 Å². The summed E-state index contributed by atoms with van der Waals surface area (Å²) in [6.45, 7) is 0.960. The van der Waals surface area contributed by atoms with Crippen molar-refractivity contribution >= 4 is 16.9 Å². The van der Waals surface area contributed by atoms with Crippen LogP contribution in [0.1, 0.15) is 16.9 Å². The SMILES string of the molecule is O=C(N[C@@H]1CCOC[C@H]1Oc1ccccn1)c1cnc2ccccc2n1. The van der Waals surface area contributed by atoms with E-state index in [0.29, 0.717) is 31.0 Å². The quantitative estimate of drug-likeness (QED) is 0.774. The van der Waals surface area contributed by atoms with E-state index in [0.717, 1.165) is 5.52 Å². The highest BCUT2D eigenvalue weighted by Crippen LogP contribution is 2.16. The first-order valence-electron chi connectivity index (χ1n) is 8.48. The normalized spacial score (nSPS) is 19.8. The topological polar surface area (TPSA) is 86.2 Å². The Kier molecular flexibility index (Phi) is 4.70. The summed E-state index contributed by atoms with van der Waals surface area (Å²) in [6, 6.07) is 12.7. The average molecular weight is 350 g/mol. The van der Waals surface area contributed by atoms with Crippen LogP contribution in [-0.4, -0.2) is 46.2 Å². The Bertz CT molecular complexity index is 903. The number of amides is 1. The van der Waals surface area contributed by atoms with Gasteiger partial charge in [0, 0.05) is 18.9 Å². The zero-order valence-electron chi connectivity index (χ0n) is 14.0. The van der Waals surface area contributed by atoms with Crippen LogP contribution in [0.5, 0.6) is 5.88 Å². The second kappa shape index (κ2) is 7.45. The molecule has 0 bridgehead atoms. The minimum atomic E-state index is -0.309. The summed E-state index contributed by atoms with van der Waals surface area (Å²) in [6.07, 6.45) is 3.50. The molecule has 1 saturated heterocycles. The van der Waals surface area contributed by atoms with Crippen molar-refractivity contribution in [3.8, 4) is 5.88 Å². The number of para-hydroxylation sites is 2. The van der Waals surface area contributed by atoms with Gasteiger partial charge in [0.05, 0.1) is 29.9 Å². The van der Waals surface area contributed by atoms with E-state index in [4.69, 9.17) is 9.47 Å². The third-order valence-electron chi connectivity index (χ3n) is 4.21. The number of carbonyl (C=O) groups is 1. The minimum absolute atomic E-state index is 0.188. The van der Waals surface area contributed by atoms with Gasteiger partial charge >= 0.3 is 0 Å². The van der Waals surface area contributed by atoms with Crippen molar-refractivity contribution in [1.29, 1.82) is 0 Å². The van der Waals surface area contributed by atoms with Gasteiger partial charge in [-0.3, -0.25) is 9.78 Å². The highest BCUT2D eigenvalue weighted by molar-refractivity contribution is 5.94. The molecule has 2 aromatic heterocycles. The number of hydrogen-bond acceptors (Lipinski definition) is 6. The molecule has 0 spiro atoms. The number of pyridine rings is 1. The fourth-order valence-corrected chi connectivity index (χ4v) is 2.87. The molecule has 7 heteroatoms. The van der Waals surface area contributed by atoms with Gasteiger partial charge < -0.3 is 14.8 Å². The Morgan fingerprint density at radius 1 is 1.12 bits per heavy atom. The molecule has 0 unspecified atom stereocenters. The summed E-state index contributed by atoms with van der Waals surface area (Å²) in [5.41, 5.74) is 1.73. The molecule has 1 aromatic carbocycles. The molecule has 1 aliphatic rings. The van der Waals surface area contributed by atoms with Crippen molar-refractivity contribution in [3.05, 3.63) is 60.6 Å². The molecule has 1 fully saturated rings. The Hall–Kier alpha value is -3.06. The number of carbonyl (C=O) groups excluding carboxylic acids is 1. The standard InChI is InChI=1S/C19H18N4O3/c24-19(16-11-21-13-5-1-2-6-14(13)22-16)23-15-8-10-25-12-17(15)26-18-7-3-4-9-20-18/h1-7,9,11,15,17H,8,10,12H2,(H,23,24)/t15-,17-/m1/s1. The van der Waals surface area contributed by atoms with E-state index in [1.165, 1.54) is 6.20 Å². The van der Waals surface area contributed by atoms with Gasteiger partial charge in [-0.1, -0.05) is 18.2 Å². The maximum Gasteiger partial charge on any atom is 0.271 e. The van der Waals surface area contributed by atoms with Crippen molar-refractivity contribution < 1.29 is 14.3 Å². The number of rotatable bonds is 4. The summed E-state index contributed by atoms with van der Waals surface area (Å²) in [7, 11) is 0. The lowest BCUT2D eigenvalue weighted by Crippen LogP contribution is -2.51. The molecule has 7 nitrogen and oxygen atoms in total. The third kappa shape index (κ3) is 3.62. The summed E-state index contributed by atoms with van der Waals surface area (Å²) >= 11 is 0. The first-order valence-corrected chi connectivity index (χ1v) is 8.48. The van der Waals surface area contributed by atoms with E-state index in [-0.39, 0.29) is 23.7 Å². The Labute approximate surface area is 150 Å². The number of hydrogen-bond donors (Lipinski definition) is 1. The third-order valence-corrected chi connectivity index (χ3v) is 4.21. The molecule has 0 saturated carbocycles. The second-order valence-electron chi connectivity index (χ2n) is 6.01. The molecule has 1 N–H and O–H groups in total. The Morgan fingerprint density at radius 2 is 1.96 bits per heavy atom. The maximum absolute atomic E-state index is 12.6. The molecular formula is C19H18N4O3. The van der Waals surface area contributed by atoms with Crippen LogP contribution in [0, 0.1) is 0 Å². The fourth-order valence-electron chi connectivity index (χ4n) is 2.87. The monoisotopic (exact) mass is 350 g/mol. The predicted molar refractivity (Wildman–Crippen MR) is 94.9 cm³/mol. The summed E-state index contributed by atoms with van der Waals surface area (Å²) in [5, 5.41) is 3.00. The van der Waals surface area contributed by atoms with Crippen molar-refractivity contribution in [2.24, 2.45) is 0 Å². The van der Waals surface area contributed by atoms with Crippen LogP contribution in [0.15, 0.2) is 54.9 Å². The average Bonchev–Trinajstić information content (AvgIpc) is 2.70. The summed E-state index contributed by atoms with van der Waals surface area (Å²) in [5.74, 6) is 0.234. The highest BCUT2D eigenvalue weighted by Gasteiger charge is 2.30. The van der Waals surface area contributed by atoms with Crippen LogP contribution in [0.2, 0.25) is 0 Å². The molecule has 3 heterocycles. The van der Waals surface area contributed by atoms with Gasteiger partial charge in [-0.15, -0.1) is 0 Å². The number of nitrogens with one attached hydrogen (secondary N) is 1. The van der Waals surface area contributed by atoms with E-state index >= 15 is 0 Å². The second-order valence-corrected chi connectivity index (χ2v) is 6.01. The molecule has 0 radical (unpaired) electrons.